The van der Waals surface area contributed by atoms with Crippen LogP contribution in [0.2, 0.25) is 0 Å². The zero-order valence-electron chi connectivity index (χ0n) is 8.73. The monoisotopic (exact) mass is 324 g/mol. The van der Waals surface area contributed by atoms with E-state index < -0.39 is 44.1 Å². The molecule has 0 unspecified atom stereocenters. The fourth-order valence-electron chi connectivity index (χ4n) is 0.716. The van der Waals surface area contributed by atoms with E-state index >= 15 is 0 Å². The summed E-state index contributed by atoms with van der Waals surface area (Å²) in [4.78, 5) is 20.9. The van der Waals surface area contributed by atoms with Crippen LogP contribution in [0.5, 0.6) is 0 Å². The molecule has 1 aliphatic rings. The molecule has 0 radical (unpaired) electrons. The predicted octanol–water partition coefficient (Wildman–Crippen LogP) is -2.06. The van der Waals surface area contributed by atoms with E-state index in [0.717, 1.165) is 0 Å². The van der Waals surface area contributed by atoms with Gasteiger partial charge in [0.25, 0.3) is 0 Å². The minimum atomic E-state index is -6.16. The second-order valence-electron chi connectivity index (χ2n) is 2.73. The number of hydrogen-bond acceptors (Lipinski definition) is 10. The number of alkyl halides is 2. The molecule has 0 N–H and O–H groups in total. The summed E-state index contributed by atoms with van der Waals surface area (Å²) < 4.78 is 78.6. The third kappa shape index (κ3) is 2.67. The summed E-state index contributed by atoms with van der Waals surface area (Å²) in [5, 5.41) is 0. The van der Waals surface area contributed by atoms with Crippen molar-refractivity contribution in [3.63, 3.8) is 0 Å². The van der Waals surface area contributed by atoms with Gasteiger partial charge in [-0.05, 0) is 0 Å². The third-order valence-corrected chi connectivity index (χ3v) is 4.82. The first-order chi connectivity index (χ1) is 8.44. The molecular formula is C4H3BF2O10S2. The van der Waals surface area contributed by atoms with Crippen molar-refractivity contribution in [1.82, 2.24) is 0 Å². The molecule has 10 nitrogen and oxygen atoms in total. The highest BCUT2D eigenvalue weighted by atomic mass is 32.3. The molecular weight excluding hydrogens is 321 g/mol. The zero-order chi connectivity index (χ0) is 15.1. The van der Waals surface area contributed by atoms with Gasteiger partial charge in [-0.3, -0.25) is 4.18 Å². The second-order valence-corrected chi connectivity index (χ2v) is 6.36. The number of carbonyl (C=O) groups excluding carboxylic acids is 2. The van der Waals surface area contributed by atoms with Gasteiger partial charge in [0, 0.05) is 0 Å². The van der Waals surface area contributed by atoms with Gasteiger partial charge in [0.1, 0.15) is 0 Å². The topological polar surface area (TPSA) is 139 Å². The van der Waals surface area contributed by atoms with E-state index in [0.29, 0.717) is 0 Å². The SMILES string of the molecule is COS(=O)(=O)C(F)(F)S(=O)(=O)OB1OC(=O)C(=O)O1. The standard InChI is InChI=1S/C4H3BF2O10S2/c1-14-18(10,11)4(6,7)19(12,13)17-5-15-2(8)3(9)16-5/h1H3. The number of carbonyl (C=O) groups is 2. The van der Waals surface area contributed by atoms with Crippen molar-refractivity contribution in [1.29, 1.82) is 0 Å². The van der Waals surface area contributed by atoms with Gasteiger partial charge >= 0.3 is 44.1 Å². The van der Waals surface area contributed by atoms with E-state index in [9.17, 15) is 35.2 Å². The summed E-state index contributed by atoms with van der Waals surface area (Å²) in [5.74, 6) is -3.39. The molecule has 15 heteroatoms. The summed E-state index contributed by atoms with van der Waals surface area (Å²) in [6.07, 6.45) is 0. The van der Waals surface area contributed by atoms with Gasteiger partial charge in [0.05, 0.1) is 7.11 Å². The van der Waals surface area contributed by atoms with Crippen molar-refractivity contribution in [2.24, 2.45) is 0 Å². The molecule has 0 aromatic carbocycles. The molecule has 0 atom stereocenters. The van der Waals surface area contributed by atoms with Crippen LogP contribution in [0.1, 0.15) is 0 Å². The first-order valence-electron chi connectivity index (χ1n) is 3.97. The molecule has 1 aliphatic heterocycles. The van der Waals surface area contributed by atoms with E-state index in [1.807, 2.05) is 0 Å². The molecule has 0 aliphatic carbocycles. The molecule has 1 heterocycles. The van der Waals surface area contributed by atoms with Crippen molar-refractivity contribution < 1.29 is 52.8 Å². The molecule has 19 heavy (non-hydrogen) atoms. The summed E-state index contributed by atoms with van der Waals surface area (Å²) in [6.45, 7) is 0. The van der Waals surface area contributed by atoms with E-state index in [1.165, 1.54) is 0 Å². The zero-order valence-corrected chi connectivity index (χ0v) is 10.4. The molecule has 1 saturated heterocycles. The maximum Gasteiger partial charge on any atom is 0.808 e. The Morgan fingerprint density at radius 3 is 1.84 bits per heavy atom. The average molecular weight is 324 g/mol. The van der Waals surface area contributed by atoms with Crippen molar-refractivity contribution in [2.45, 2.75) is 4.59 Å². The molecule has 1 rings (SSSR count). The van der Waals surface area contributed by atoms with E-state index in [4.69, 9.17) is 0 Å². The van der Waals surface area contributed by atoms with Crippen LogP contribution in [0.25, 0.3) is 0 Å². The number of hydrogen-bond donors (Lipinski definition) is 0. The highest BCUT2D eigenvalue weighted by molar-refractivity contribution is 8.05. The van der Waals surface area contributed by atoms with Crippen molar-refractivity contribution in [2.75, 3.05) is 7.11 Å². The van der Waals surface area contributed by atoms with Crippen molar-refractivity contribution >= 4 is 39.5 Å². The highest BCUT2D eigenvalue weighted by Crippen LogP contribution is 2.31. The Balaban J connectivity index is 3.01. The van der Waals surface area contributed by atoms with Gasteiger partial charge in [-0.2, -0.15) is 25.6 Å². The van der Waals surface area contributed by atoms with Crippen LogP contribution in [0.15, 0.2) is 0 Å². The maximum absolute atomic E-state index is 13.1. The fraction of sp³-hybridized carbons (Fsp3) is 0.500. The lowest BCUT2D eigenvalue weighted by Gasteiger charge is -2.15. The van der Waals surface area contributed by atoms with Crippen LogP contribution in [-0.2, 0) is 47.4 Å². The third-order valence-electron chi connectivity index (χ3n) is 1.58. The lowest BCUT2D eigenvalue weighted by molar-refractivity contribution is -0.150. The normalized spacial score (nSPS) is 17.3. The van der Waals surface area contributed by atoms with Crippen LogP contribution in [0.4, 0.5) is 8.78 Å². The Labute approximate surface area is 105 Å². The Morgan fingerprint density at radius 2 is 1.47 bits per heavy atom. The first-order valence-corrected chi connectivity index (χ1v) is 6.78. The van der Waals surface area contributed by atoms with Crippen LogP contribution in [0, 0.1) is 0 Å². The van der Waals surface area contributed by atoms with Crippen molar-refractivity contribution in [3.05, 3.63) is 0 Å². The molecule has 1 fully saturated rings. The lowest BCUT2D eigenvalue weighted by Crippen LogP contribution is -2.42. The van der Waals surface area contributed by atoms with Crippen LogP contribution >= 0.6 is 0 Å². The Hall–Kier alpha value is -1.32. The Morgan fingerprint density at radius 1 is 1.05 bits per heavy atom. The van der Waals surface area contributed by atoms with Gasteiger partial charge in [-0.15, -0.1) is 0 Å². The van der Waals surface area contributed by atoms with Gasteiger partial charge < -0.3 is 9.31 Å². The fourth-order valence-corrected chi connectivity index (χ4v) is 2.63. The quantitative estimate of drug-likeness (QED) is 0.315. The molecule has 0 aromatic rings. The Bertz CT molecular complexity index is 591. The van der Waals surface area contributed by atoms with Gasteiger partial charge in [0.2, 0.25) is 0 Å². The van der Waals surface area contributed by atoms with Crippen LogP contribution in [-0.4, -0.2) is 47.8 Å². The van der Waals surface area contributed by atoms with Gasteiger partial charge in [-0.25, -0.2) is 13.7 Å². The smallest absolute Gasteiger partial charge is 0.464 e. The number of rotatable bonds is 5. The number of halogens is 2. The van der Waals surface area contributed by atoms with Crippen LogP contribution in [0.3, 0.4) is 0 Å². The van der Waals surface area contributed by atoms with Crippen LogP contribution < -0.4 is 0 Å². The molecule has 0 saturated carbocycles. The molecule has 108 valence electrons. The first kappa shape index (κ1) is 15.7. The summed E-state index contributed by atoms with van der Waals surface area (Å²) in [5.41, 5.74) is 0. The minimum Gasteiger partial charge on any atom is -0.464 e. The summed E-state index contributed by atoms with van der Waals surface area (Å²) in [7, 11) is -14.4. The second kappa shape index (κ2) is 4.66. The summed E-state index contributed by atoms with van der Waals surface area (Å²) >= 11 is 0. The van der Waals surface area contributed by atoms with Gasteiger partial charge in [0.15, 0.2) is 0 Å². The van der Waals surface area contributed by atoms with E-state index in [1.54, 1.807) is 0 Å². The lowest BCUT2D eigenvalue weighted by atomic mass is 10.3. The molecule has 0 spiro atoms. The minimum absolute atomic E-state index is 0.286. The summed E-state index contributed by atoms with van der Waals surface area (Å²) in [6, 6.07) is 0. The van der Waals surface area contributed by atoms with E-state index in [-0.39, 0.29) is 7.11 Å². The van der Waals surface area contributed by atoms with E-state index in [2.05, 4.69) is 17.6 Å². The molecule has 0 bridgehead atoms. The maximum atomic E-state index is 13.1. The average Bonchev–Trinajstić information content (AvgIpc) is 2.56. The van der Waals surface area contributed by atoms with Crippen molar-refractivity contribution in [3.8, 4) is 0 Å². The predicted molar refractivity (Wildman–Crippen MR) is 48.8 cm³/mol. The largest absolute Gasteiger partial charge is 0.808 e. The molecule has 0 amide bonds. The Kier molecular flexibility index (Phi) is 3.86. The highest BCUT2D eigenvalue weighted by Gasteiger charge is 2.63. The van der Waals surface area contributed by atoms with Gasteiger partial charge in [-0.1, -0.05) is 0 Å². The molecule has 0 aromatic heterocycles.